The summed E-state index contributed by atoms with van der Waals surface area (Å²) in [6.07, 6.45) is -0.541. The van der Waals surface area contributed by atoms with Gasteiger partial charge in [-0.2, -0.15) is 0 Å². The fourth-order valence-corrected chi connectivity index (χ4v) is 2.62. The molecule has 27 heavy (non-hydrogen) atoms. The molecule has 4 amide bonds. The van der Waals surface area contributed by atoms with Crippen LogP contribution in [0.4, 0.5) is 9.59 Å². The molecule has 1 heterocycles. The molecule has 0 saturated carbocycles. The smallest absolute Gasteiger partial charge is 0.407 e. The van der Waals surface area contributed by atoms with E-state index in [1.807, 2.05) is 0 Å². The lowest BCUT2D eigenvalue weighted by Gasteiger charge is -2.22. The first-order valence-electron chi connectivity index (χ1n) is 8.34. The highest BCUT2D eigenvalue weighted by Crippen LogP contribution is 2.28. The summed E-state index contributed by atoms with van der Waals surface area (Å²) in [6.45, 7) is 6.35. The molecule has 146 valence electrons. The zero-order valence-electron chi connectivity index (χ0n) is 15.7. The maximum Gasteiger partial charge on any atom is 0.407 e. The van der Waals surface area contributed by atoms with Crippen molar-refractivity contribution in [2.45, 2.75) is 45.4 Å². The van der Waals surface area contributed by atoms with Crippen molar-refractivity contribution in [1.29, 1.82) is 0 Å². The molecule has 1 fully saturated rings. The van der Waals surface area contributed by atoms with Crippen molar-refractivity contribution < 1.29 is 29.0 Å². The Hall–Kier alpha value is -3.10. The molecule has 9 heteroatoms. The van der Waals surface area contributed by atoms with Crippen LogP contribution in [0, 0.1) is 0 Å². The fraction of sp³-hybridized carbons (Fsp3) is 0.444. The summed E-state index contributed by atoms with van der Waals surface area (Å²) < 4.78 is 5.15. The van der Waals surface area contributed by atoms with E-state index >= 15 is 0 Å². The molecule has 1 saturated heterocycles. The maximum absolute atomic E-state index is 12.5. The van der Waals surface area contributed by atoms with Crippen molar-refractivity contribution in [2.24, 2.45) is 0 Å². The number of carboxylic acid groups (broad SMARTS) is 1. The maximum atomic E-state index is 12.5. The summed E-state index contributed by atoms with van der Waals surface area (Å²) in [5.41, 5.74) is -0.656. The Morgan fingerprint density at radius 2 is 1.81 bits per heavy atom. The van der Waals surface area contributed by atoms with Gasteiger partial charge in [0.15, 0.2) is 0 Å². The number of nitrogens with zero attached hydrogens (tertiary/aromatic N) is 1. The van der Waals surface area contributed by atoms with E-state index in [1.165, 1.54) is 6.92 Å². The van der Waals surface area contributed by atoms with Crippen LogP contribution in [0.1, 0.15) is 38.8 Å². The third-order valence-electron chi connectivity index (χ3n) is 3.94. The number of benzene rings is 1. The molecule has 2 rings (SSSR count). The topological polar surface area (TPSA) is 125 Å². The number of alkyl carbamates (subject to hydrolysis) is 1. The highest BCUT2D eigenvalue weighted by Gasteiger charge is 2.49. The van der Waals surface area contributed by atoms with E-state index in [2.05, 4.69) is 10.6 Å². The quantitative estimate of drug-likeness (QED) is 0.669. The second-order valence-electron chi connectivity index (χ2n) is 7.39. The van der Waals surface area contributed by atoms with E-state index in [0.717, 1.165) is 5.56 Å². The van der Waals surface area contributed by atoms with Gasteiger partial charge in [-0.3, -0.25) is 14.5 Å². The zero-order valence-corrected chi connectivity index (χ0v) is 15.7. The van der Waals surface area contributed by atoms with Gasteiger partial charge in [0.1, 0.15) is 17.7 Å². The van der Waals surface area contributed by atoms with Gasteiger partial charge in [0.05, 0.1) is 0 Å². The lowest BCUT2D eigenvalue weighted by molar-refractivity contribution is -0.142. The highest BCUT2D eigenvalue weighted by molar-refractivity contribution is 6.08. The molecule has 0 spiro atoms. The standard InChI is InChI=1S/C18H23N3O6/c1-17(2,3)27-16(26)19-9-11-5-7-12(8-6-11)18(4)14(24)21(10-13(22)23)15(25)20-18/h5-8H,9-10H2,1-4H3,(H,19,26)(H,20,25)(H,22,23). The van der Waals surface area contributed by atoms with Crippen molar-refractivity contribution in [3.05, 3.63) is 35.4 Å². The van der Waals surface area contributed by atoms with Gasteiger partial charge in [-0.15, -0.1) is 0 Å². The monoisotopic (exact) mass is 377 g/mol. The van der Waals surface area contributed by atoms with Gasteiger partial charge >= 0.3 is 18.1 Å². The molecule has 9 nitrogen and oxygen atoms in total. The van der Waals surface area contributed by atoms with Gasteiger partial charge in [0, 0.05) is 6.54 Å². The Kier molecular flexibility index (Phi) is 5.43. The predicted molar refractivity (Wildman–Crippen MR) is 94.7 cm³/mol. The number of amides is 4. The average Bonchev–Trinajstić information content (AvgIpc) is 2.76. The second-order valence-corrected chi connectivity index (χ2v) is 7.39. The summed E-state index contributed by atoms with van der Waals surface area (Å²) in [5, 5.41) is 14.0. The van der Waals surface area contributed by atoms with Crippen LogP contribution in [0.3, 0.4) is 0 Å². The summed E-state index contributed by atoms with van der Waals surface area (Å²) in [5.74, 6) is -1.90. The summed E-state index contributed by atoms with van der Waals surface area (Å²) in [7, 11) is 0. The molecule has 0 aromatic heterocycles. The Labute approximate surface area is 156 Å². The van der Waals surface area contributed by atoms with Crippen LogP contribution < -0.4 is 10.6 Å². The number of hydrogen-bond donors (Lipinski definition) is 3. The fourth-order valence-electron chi connectivity index (χ4n) is 2.62. The molecule has 1 aliphatic rings. The van der Waals surface area contributed by atoms with Crippen LogP contribution in [0.15, 0.2) is 24.3 Å². The lowest BCUT2D eigenvalue weighted by atomic mass is 9.91. The van der Waals surface area contributed by atoms with E-state index in [9.17, 15) is 19.2 Å². The number of aliphatic carboxylic acids is 1. The first-order valence-corrected chi connectivity index (χ1v) is 8.34. The summed E-state index contributed by atoms with van der Waals surface area (Å²) in [4.78, 5) is 47.6. The lowest BCUT2D eigenvalue weighted by Crippen LogP contribution is -2.41. The number of ether oxygens (including phenoxy) is 1. The SMILES string of the molecule is CC(C)(C)OC(=O)NCc1ccc(C2(C)NC(=O)N(CC(=O)O)C2=O)cc1. The number of hydrogen-bond acceptors (Lipinski definition) is 5. The Morgan fingerprint density at radius 3 is 2.33 bits per heavy atom. The normalized spacial score (nSPS) is 19.6. The number of carboxylic acids is 1. The van der Waals surface area contributed by atoms with Crippen LogP contribution in [0.5, 0.6) is 0 Å². The van der Waals surface area contributed by atoms with Crippen molar-refractivity contribution in [2.75, 3.05) is 6.54 Å². The molecule has 1 aromatic carbocycles. The van der Waals surface area contributed by atoms with Gasteiger partial charge in [0.25, 0.3) is 5.91 Å². The Balaban J connectivity index is 2.06. The number of imide groups is 1. The molecule has 1 aliphatic heterocycles. The molecule has 0 aliphatic carbocycles. The minimum Gasteiger partial charge on any atom is -0.480 e. The Bertz CT molecular complexity index is 768. The number of urea groups is 1. The Morgan fingerprint density at radius 1 is 1.22 bits per heavy atom. The number of nitrogens with one attached hydrogen (secondary N) is 2. The molecular weight excluding hydrogens is 354 g/mol. The minimum absolute atomic E-state index is 0.233. The van der Waals surface area contributed by atoms with Gasteiger partial charge in [-0.25, -0.2) is 9.59 Å². The molecule has 1 aromatic rings. The third-order valence-corrected chi connectivity index (χ3v) is 3.94. The molecule has 0 bridgehead atoms. The van der Waals surface area contributed by atoms with E-state index < -0.39 is 41.7 Å². The van der Waals surface area contributed by atoms with E-state index in [1.54, 1.807) is 45.0 Å². The van der Waals surface area contributed by atoms with Crippen LogP contribution >= 0.6 is 0 Å². The van der Waals surface area contributed by atoms with Crippen molar-refractivity contribution in [3.63, 3.8) is 0 Å². The predicted octanol–water partition coefficient (Wildman–Crippen LogP) is 1.56. The van der Waals surface area contributed by atoms with Gasteiger partial charge in [0.2, 0.25) is 0 Å². The zero-order chi connectivity index (χ0) is 20.4. The van der Waals surface area contributed by atoms with Gasteiger partial charge < -0.3 is 20.5 Å². The van der Waals surface area contributed by atoms with Crippen molar-refractivity contribution >= 4 is 24.0 Å². The molecule has 0 radical (unpaired) electrons. The number of carbonyl (C=O) groups excluding carboxylic acids is 3. The van der Waals surface area contributed by atoms with Gasteiger partial charge in [-0.05, 0) is 38.8 Å². The molecule has 3 N–H and O–H groups in total. The van der Waals surface area contributed by atoms with E-state index in [0.29, 0.717) is 10.5 Å². The third kappa shape index (κ3) is 4.75. The van der Waals surface area contributed by atoms with E-state index in [4.69, 9.17) is 9.84 Å². The van der Waals surface area contributed by atoms with Crippen molar-refractivity contribution in [3.8, 4) is 0 Å². The first-order chi connectivity index (χ1) is 12.4. The van der Waals surface area contributed by atoms with Crippen LogP contribution in [0.2, 0.25) is 0 Å². The van der Waals surface area contributed by atoms with E-state index in [-0.39, 0.29) is 6.54 Å². The second kappa shape index (κ2) is 7.26. The minimum atomic E-state index is -1.34. The molecule has 1 unspecified atom stereocenters. The van der Waals surface area contributed by atoms with Crippen LogP contribution in [-0.4, -0.2) is 46.2 Å². The molecular formula is C18H23N3O6. The largest absolute Gasteiger partial charge is 0.480 e. The summed E-state index contributed by atoms with van der Waals surface area (Å²) >= 11 is 0. The van der Waals surface area contributed by atoms with Crippen LogP contribution in [0.25, 0.3) is 0 Å². The highest BCUT2D eigenvalue weighted by atomic mass is 16.6. The van der Waals surface area contributed by atoms with Gasteiger partial charge in [-0.1, -0.05) is 24.3 Å². The number of rotatable bonds is 5. The molecule has 1 atom stereocenters. The van der Waals surface area contributed by atoms with Crippen LogP contribution in [-0.2, 0) is 26.4 Å². The average molecular weight is 377 g/mol. The summed E-state index contributed by atoms with van der Waals surface area (Å²) in [6, 6.07) is 5.96. The first kappa shape index (κ1) is 20.2. The number of carbonyl (C=O) groups is 4. The van der Waals surface area contributed by atoms with Crippen molar-refractivity contribution in [1.82, 2.24) is 15.5 Å².